The summed E-state index contributed by atoms with van der Waals surface area (Å²) in [5.41, 5.74) is 7.27. The lowest BCUT2D eigenvalue weighted by Crippen LogP contribution is -2.27. The van der Waals surface area contributed by atoms with Crippen LogP contribution in [0.4, 0.5) is 0 Å². The Hall–Kier alpha value is -5.46. The number of nitrogens with zero attached hydrogens (tertiary/aromatic N) is 4. The van der Waals surface area contributed by atoms with Gasteiger partial charge in [-0.1, -0.05) is 23.2 Å². The zero-order chi connectivity index (χ0) is 36.3. The van der Waals surface area contributed by atoms with Crippen LogP contribution in [0.1, 0.15) is 67.7 Å². The molecule has 2 aromatic carbocycles. The van der Waals surface area contributed by atoms with E-state index in [1.54, 1.807) is 24.3 Å². The van der Waals surface area contributed by atoms with Crippen LogP contribution in [0, 0.1) is 25.7 Å². The number of carbonyl (C=O) groups excluding carboxylic acids is 4. The topological polar surface area (TPSA) is 154 Å². The number of halogens is 2. The fraction of sp³-hybridized carbons (Fsp3) is 0.263. The summed E-state index contributed by atoms with van der Waals surface area (Å²) in [4.78, 5) is 78.9. The number of carbonyl (C=O) groups is 4. The normalized spacial score (nSPS) is 17.0. The molecule has 4 heterocycles. The van der Waals surface area contributed by atoms with Crippen LogP contribution in [0.2, 0.25) is 10.0 Å². The van der Waals surface area contributed by atoms with Gasteiger partial charge in [0.15, 0.2) is 11.6 Å². The van der Waals surface area contributed by atoms with E-state index in [0.29, 0.717) is 82.5 Å². The van der Waals surface area contributed by atoms with Gasteiger partial charge >= 0.3 is 11.9 Å². The van der Waals surface area contributed by atoms with Crippen LogP contribution in [0.5, 0.6) is 0 Å². The van der Waals surface area contributed by atoms with Gasteiger partial charge in [-0.05, 0) is 75.9 Å². The maximum Gasteiger partial charge on any atom is 0.356 e. The second kappa shape index (κ2) is 13.3. The minimum atomic E-state index is -0.801. The molecule has 8 rings (SSSR count). The Morgan fingerprint density at radius 3 is 1.56 bits per heavy atom. The molecule has 0 saturated heterocycles. The number of aromatic amines is 2. The number of Topliss-reactive ketones (excluding diaryl/α,β-unsaturated/α-hetero) is 2. The van der Waals surface area contributed by atoms with Crippen LogP contribution in [0.25, 0.3) is 21.8 Å². The second-order valence-electron chi connectivity index (χ2n) is 13.3. The molecule has 2 unspecified atom stereocenters. The number of nitrogens with one attached hydrogen (secondary N) is 2. The van der Waals surface area contributed by atoms with E-state index >= 15 is 0 Å². The van der Waals surface area contributed by atoms with Gasteiger partial charge in [0.25, 0.3) is 0 Å². The highest BCUT2D eigenvalue weighted by molar-refractivity contribution is 6.32. The first-order valence-corrected chi connectivity index (χ1v) is 17.7. The van der Waals surface area contributed by atoms with E-state index in [0.717, 1.165) is 45.3 Å². The number of imidazole rings is 2. The van der Waals surface area contributed by atoms with Gasteiger partial charge in [-0.2, -0.15) is 9.46 Å². The van der Waals surface area contributed by atoms with Crippen molar-refractivity contribution in [2.24, 2.45) is 11.8 Å². The first kappa shape index (κ1) is 33.7. The van der Waals surface area contributed by atoms with Crippen LogP contribution in [0.15, 0.2) is 61.2 Å². The number of fused-ring (bicyclic) bond motifs is 4. The summed E-state index contributed by atoms with van der Waals surface area (Å²) in [6.45, 7) is 3.75. The number of hydrogen-bond donors (Lipinski definition) is 2. The molecule has 4 aromatic heterocycles. The average Bonchev–Trinajstić information content (AvgIpc) is 3.88. The molecule has 12 nitrogen and oxygen atoms in total. The number of rotatable bonds is 8. The van der Waals surface area contributed by atoms with Crippen molar-refractivity contribution in [2.45, 2.75) is 52.4 Å². The van der Waals surface area contributed by atoms with Crippen molar-refractivity contribution in [3.05, 3.63) is 117 Å². The summed E-state index contributed by atoms with van der Waals surface area (Å²) in [7, 11) is 0. The molecular weight excluding hydrogens is 707 g/mol. The predicted octanol–water partition coefficient (Wildman–Crippen LogP) is 6.11. The maximum absolute atomic E-state index is 13.6. The van der Waals surface area contributed by atoms with E-state index in [9.17, 15) is 19.2 Å². The minimum Gasteiger partial charge on any atom is -0.358 e. The molecule has 2 aliphatic rings. The summed E-state index contributed by atoms with van der Waals surface area (Å²) in [6.07, 6.45) is 7.57. The van der Waals surface area contributed by atoms with Crippen molar-refractivity contribution in [1.29, 1.82) is 0 Å². The van der Waals surface area contributed by atoms with Crippen LogP contribution in [-0.2, 0) is 35.3 Å². The molecule has 2 atom stereocenters. The zero-order valence-corrected chi connectivity index (χ0v) is 29.7. The standard InChI is InChI=1S/C38H32Cl2N6O6/c1-19-35(25-15-23(39)5-7-27(25)43-19)37(49)21-3-9-31-29(13-21)41-17-45(31)51-33(47)11-12-34(48)52-46-18-42-30-14-22(4-10-32(30)46)38(50)36-20(2)44-28-8-6-24(40)16-26(28)36/h5-8,11-12,15-18,21-22,43-44H,3-4,9-10,13-14H2,1-2H3/b12-11+. The average molecular weight is 740 g/mol. The molecule has 6 aromatic rings. The van der Waals surface area contributed by atoms with Gasteiger partial charge in [-0.15, -0.1) is 0 Å². The van der Waals surface area contributed by atoms with Crippen molar-refractivity contribution in [3.63, 3.8) is 0 Å². The van der Waals surface area contributed by atoms with Crippen LogP contribution >= 0.6 is 23.2 Å². The Labute approximate surface area is 306 Å². The van der Waals surface area contributed by atoms with E-state index in [1.807, 2.05) is 26.0 Å². The van der Waals surface area contributed by atoms with Crippen molar-refractivity contribution < 1.29 is 28.9 Å². The second-order valence-corrected chi connectivity index (χ2v) is 14.2. The van der Waals surface area contributed by atoms with E-state index in [1.165, 1.54) is 22.1 Å². The molecule has 264 valence electrons. The lowest BCUT2D eigenvalue weighted by atomic mass is 9.83. The Morgan fingerprint density at radius 2 is 1.13 bits per heavy atom. The van der Waals surface area contributed by atoms with E-state index < -0.39 is 11.9 Å². The third-order valence-corrected chi connectivity index (χ3v) is 10.5. The molecule has 0 bridgehead atoms. The molecule has 0 spiro atoms. The van der Waals surface area contributed by atoms with Gasteiger partial charge in [0, 0.05) is 91.2 Å². The summed E-state index contributed by atoms with van der Waals surface area (Å²) >= 11 is 12.4. The Kier molecular flexibility index (Phi) is 8.59. The van der Waals surface area contributed by atoms with Crippen LogP contribution in [0.3, 0.4) is 0 Å². The van der Waals surface area contributed by atoms with Crippen molar-refractivity contribution in [2.75, 3.05) is 0 Å². The Morgan fingerprint density at radius 1 is 0.712 bits per heavy atom. The summed E-state index contributed by atoms with van der Waals surface area (Å²) in [5.74, 6) is -2.15. The molecule has 0 amide bonds. The highest BCUT2D eigenvalue weighted by Crippen LogP contribution is 2.34. The zero-order valence-electron chi connectivity index (χ0n) is 28.2. The van der Waals surface area contributed by atoms with E-state index in [4.69, 9.17) is 32.9 Å². The highest BCUT2D eigenvalue weighted by Gasteiger charge is 2.33. The van der Waals surface area contributed by atoms with Gasteiger partial charge in [0.05, 0.1) is 22.8 Å². The Balaban J connectivity index is 0.875. The number of benzene rings is 2. The fourth-order valence-electron chi connectivity index (χ4n) is 7.57. The van der Waals surface area contributed by atoms with Crippen molar-refractivity contribution >= 4 is 68.5 Å². The largest absolute Gasteiger partial charge is 0.358 e. The number of H-pyrrole nitrogens is 2. The molecule has 14 heteroatoms. The predicted molar refractivity (Wildman–Crippen MR) is 193 cm³/mol. The number of aromatic nitrogens is 6. The minimum absolute atomic E-state index is 0.0170. The molecule has 0 fully saturated rings. The van der Waals surface area contributed by atoms with Crippen LogP contribution < -0.4 is 9.68 Å². The summed E-state index contributed by atoms with van der Waals surface area (Å²) in [5, 5.41) is 2.70. The quantitative estimate of drug-likeness (QED) is 0.140. The number of aryl methyl sites for hydroxylation is 2. The molecule has 0 saturated carbocycles. The molecule has 2 aliphatic carbocycles. The lowest BCUT2D eigenvalue weighted by molar-refractivity contribution is -0.141. The van der Waals surface area contributed by atoms with Gasteiger partial charge in [-0.3, -0.25) is 9.59 Å². The molecule has 52 heavy (non-hydrogen) atoms. The first-order chi connectivity index (χ1) is 25.0. The van der Waals surface area contributed by atoms with Gasteiger partial charge in [0.2, 0.25) is 0 Å². The van der Waals surface area contributed by atoms with Gasteiger partial charge in [-0.25, -0.2) is 19.6 Å². The molecular formula is C38H32Cl2N6O6. The molecule has 0 aliphatic heterocycles. The first-order valence-electron chi connectivity index (χ1n) is 16.9. The van der Waals surface area contributed by atoms with Gasteiger partial charge < -0.3 is 19.6 Å². The number of hydrogen-bond acceptors (Lipinski definition) is 8. The summed E-state index contributed by atoms with van der Waals surface area (Å²) < 4.78 is 2.56. The molecule has 0 radical (unpaired) electrons. The van der Waals surface area contributed by atoms with Crippen molar-refractivity contribution in [1.82, 2.24) is 29.4 Å². The van der Waals surface area contributed by atoms with E-state index in [2.05, 4.69) is 19.9 Å². The smallest absolute Gasteiger partial charge is 0.356 e. The fourth-order valence-corrected chi connectivity index (χ4v) is 7.91. The maximum atomic E-state index is 13.6. The third-order valence-electron chi connectivity index (χ3n) is 10.0. The third kappa shape index (κ3) is 6.11. The lowest BCUT2D eigenvalue weighted by Gasteiger charge is -2.21. The van der Waals surface area contributed by atoms with E-state index in [-0.39, 0.29) is 23.4 Å². The Bertz CT molecular complexity index is 2320. The SMILES string of the molecule is Cc1[nH]c2ccc(Cl)cc2c1C(=O)C1CCc2c(ncn2OC(=O)/C=C/C(=O)On2cnc3c2CCC(C(=O)c2c(C)[nH]c4ccc(Cl)cc24)C3)C1. The highest BCUT2D eigenvalue weighted by atomic mass is 35.5. The molecule has 2 N–H and O–H groups in total. The van der Waals surface area contributed by atoms with Crippen molar-refractivity contribution in [3.8, 4) is 0 Å². The number of ketones is 2. The monoisotopic (exact) mass is 738 g/mol. The summed E-state index contributed by atoms with van der Waals surface area (Å²) in [6, 6.07) is 10.9. The van der Waals surface area contributed by atoms with Gasteiger partial charge in [0.1, 0.15) is 12.7 Å². The van der Waals surface area contributed by atoms with Crippen LogP contribution in [-0.4, -0.2) is 52.9 Å².